The van der Waals surface area contributed by atoms with Gasteiger partial charge in [-0.3, -0.25) is 0 Å². The van der Waals surface area contributed by atoms with Crippen LogP contribution in [0.15, 0.2) is 24.3 Å². The Morgan fingerprint density at radius 1 is 1.33 bits per heavy atom. The molecule has 6 heteroatoms. The summed E-state index contributed by atoms with van der Waals surface area (Å²) in [5.74, 6) is 1.06. The van der Waals surface area contributed by atoms with Gasteiger partial charge >= 0.3 is 0 Å². The van der Waals surface area contributed by atoms with Crippen LogP contribution in [0.2, 0.25) is 0 Å². The molecule has 2 aromatic rings. The van der Waals surface area contributed by atoms with Crippen LogP contribution in [0.3, 0.4) is 0 Å². The third kappa shape index (κ3) is 3.58. The SMILES string of the molecule is CCCc1cc(N2CCCC2C)nc(Nc2ccc(F)c(N)c2)n1. The normalized spacial score (nSPS) is 17.3. The van der Waals surface area contributed by atoms with Gasteiger partial charge in [0, 0.05) is 30.0 Å². The van der Waals surface area contributed by atoms with Gasteiger partial charge in [0.25, 0.3) is 0 Å². The van der Waals surface area contributed by atoms with Crippen molar-refractivity contribution in [3.63, 3.8) is 0 Å². The molecule has 3 N–H and O–H groups in total. The third-order valence-electron chi connectivity index (χ3n) is 4.37. The minimum absolute atomic E-state index is 0.109. The van der Waals surface area contributed by atoms with E-state index in [-0.39, 0.29) is 5.69 Å². The van der Waals surface area contributed by atoms with Gasteiger partial charge in [-0.15, -0.1) is 0 Å². The Kier molecular flexibility index (Phi) is 4.83. The first kappa shape index (κ1) is 16.5. The van der Waals surface area contributed by atoms with Crippen molar-refractivity contribution in [3.8, 4) is 0 Å². The fraction of sp³-hybridized carbons (Fsp3) is 0.444. The molecular formula is C18H24FN5. The molecule has 1 aliphatic heterocycles. The Hall–Kier alpha value is -2.37. The Morgan fingerprint density at radius 2 is 2.17 bits per heavy atom. The molecule has 1 atom stereocenters. The number of benzene rings is 1. The number of hydrogen-bond donors (Lipinski definition) is 2. The van der Waals surface area contributed by atoms with Crippen molar-refractivity contribution in [2.24, 2.45) is 0 Å². The van der Waals surface area contributed by atoms with E-state index in [0.717, 1.165) is 30.9 Å². The van der Waals surface area contributed by atoms with E-state index in [1.54, 1.807) is 12.1 Å². The minimum atomic E-state index is -0.423. The standard InChI is InChI=1S/C18H24FN5/c1-3-5-13-11-17(24-9-4-6-12(24)2)23-18(21-13)22-14-7-8-15(19)16(20)10-14/h7-8,10-12H,3-6,9,20H2,1-2H3,(H,21,22,23). The monoisotopic (exact) mass is 329 g/mol. The van der Waals surface area contributed by atoms with Crippen molar-refractivity contribution in [2.45, 2.75) is 45.6 Å². The maximum Gasteiger partial charge on any atom is 0.229 e. The Bertz CT molecular complexity index is 719. The lowest BCUT2D eigenvalue weighted by Crippen LogP contribution is -2.27. The van der Waals surface area contributed by atoms with Crippen LogP contribution in [-0.4, -0.2) is 22.6 Å². The quantitative estimate of drug-likeness (QED) is 0.815. The average Bonchev–Trinajstić information content (AvgIpc) is 2.97. The van der Waals surface area contributed by atoms with Gasteiger partial charge in [0.1, 0.15) is 11.6 Å². The number of halogens is 1. The Labute approximate surface area is 142 Å². The Morgan fingerprint density at radius 3 is 2.83 bits per heavy atom. The van der Waals surface area contributed by atoms with E-state index in [1.807, 2.05) is 0 Å². The second-order valence-electron chi connectivity index (χ2n) is 6.34. The van der Waals surface area contributed by atoms with E-state index in [0.29, 0.717) is 17.7 Å². The number of rotatable bonds is 5. The second kappa shape index (κ2) is 7.03. The summed E-state index contributed by atoms with van der Waals surface area (Å²) in [5.41, 5.74) is 7.44. The van der Waals surface area contributed by atoms with Crippen LogP contribution in [0.1, 0.15) is 38.8 Å². The first-order chi connectivity index (χ1) is 11.6. The molecule has 2 heterocycles. The summed E-state index contributed by atoms with van der Waals surface area (Å²) in [4.78, 5) is 11.6. The fourth-order valence-corrected chi connectivity index (χ4v) is 3.09. The zero-order valence-corrected chi connectivity index (χ0v) is 14.2. The molecule has 3 rings (SSSR count). The highest BCUT2D eigenvalue weighted by Crippen LogP contribution is 2.26. The van der Waals surface area contributed by atoms with Crippen LogP contribution in [0.25, 0.3) is 0 Å². The summed E-state index contributed by atoms with van der Waals surface area (Å²) < 4.78 is 13.3. The summed E-state index contributed by atoms with van der Waals surface area (Å²) >= 11 is 0. The lowest BCUT2D eigenvalue weighted by molar-refractivity contribution is 0.632. The molecule has 1 saturated heterocycles. The average molecular weight is 329 g/mol. The van der Waals surface area contributed by atoms with E-state index in [9.17, 15) is 4.39 Å². The maximum atomic E-state index is 13.3. The van der Waals surface area contributed by atoms with Gasteiger partial charge in [-0.2, -0.15) is 4.98 Å². The lowest BCUT2D eigenvalue weighted by Gasteiger charge is -2.23. The van der Waals surface area contributed by atoms with E-state index in [4.69, 9.17) is 5.73 Å². The van der Waals surface area contributed by atoms with Gasteiger partial charge in [0.05, 0.1) is 5.69 Å². The van der Waals surface area contributed by atoms with Gasteiger partial charge in [-0.1, -0.05) is 13.3 Å². The smallest absolute Gasteiger partial charge is 0.229 e. The summed E-state index contributed by atoms with van der Waals surface area (Å²) in [6, 6.07) is 7.11. The number of nitrogens with one attached hydrogen (secondary N) is 1. The molecule has 1 aromatic carbocycles. The highest BCUT2D eigenvalue weighted by atomic mass is 19.1. The van der Waals surface area contributed by atoms with Crippen molar-refractivity contribution < 1.29 is 4.39 Å². The van der Waals surface area contributed by atoms with Crippen molar-refractivity contribution in [1.82, 2.24) is 9.97 Å². The number of hydrogen-bond acceptors (Lipinski definition) is 5. The maximum absolute atomic E-state index is 13.3. The van der Waals surface area contributed by atoms with E-state index in [2.05, 4.69) is 40.1 Å². The molecule has 0 spiro atoms. The molecule has 1 unspecified atom stereocenters. The fourth-order valence-electron chi connectivity index (χ4n) is 3.09. The number of nitrogens with two attached hydrogens (primary N) is 1. The van der Waals surface area contributed by atoms with Crippen molar-refractivity contribution in [1.29, 1.82) is 0 Å². The molecule has 5 nitrogen and oxygen atoms in total. The molecule has 1 fully saturated rings. The summed E-state index contributed by atoms with van der Waals surface area (Å²) in [7, 11) is 0. The molecule has 1 aromatic heterocycles. The van der Waals surface area contributed by atoms with Gasteiger partial charge in [-0.25, -0.2) is 9.37 Å². The second-order valence-corrected chi connectivity index (χ2v) is 6.34. The molecule has 0 amide bonds. The zero-order chi connectivity index (χ0) is 17.1. The predicted octanol–water partition coefficient (Wildman–Crippen LogP) is 3.88. The van der Waals surface area contributed by atoms with Crippen LogP contribution in [0.4, 0.5) is 27.5 Å². The van der Waals surface area contributed by atoms with Gasteiger partial charge < -0.3 is 16.0 Å². The molecular weight excluding hydrogens is 305 g/mol. The van der Waals surface area contributed by atoms with Crippen molar-refractivity contribution in [2.75, 3.05) is 22.5 Å². The van der Waals surface area contributed by atoms with Gasteiger partial charge in [-0.05, 0) is 44.4 Å². The molecule has 24 heavy (non-hydrogen) atoms. The molecule has 0 aliphatic carbocycles. The highest BCUT2D eigenvalue weighted by molar-refractivity contribution is 5.61. The largest absolute Gasteiger partial charge is 0.396 e. The first-order valence-electron chi connectivity index (χ1n) is 8.53. The highest BCUT2D eigenvalue weighted by Gasteiger charge is 2.22. The predicted molar refractivity (Wildman–Crippen MR) is 96.2 cm³/mol. The molecule has 128 valence electrons. The molecule has 0 bridgehead atoms. The first-order valence-corrected chi connectivity index (χ1v) is 8.53. The van der Waals surface area contributed by atoms with Crippen LogP contribution in [-0.2, 0) is 6.42 Å². The number of nitrogen functional groups attached to an aromatic ring is 1. The minimum Gasteiger partial charge on any atom is -0.396 e. The molecule has 0 radical (unpaired) electrons. The van der Waals surface area contributed by atoms with E-state index < -0.39 is 5.82 Å². The number of aromatic nitrogens is 2. The number of anilines is 4. The summed E-state index contributed by atoms with van der Waals surface area (Å²) in [6.45, 7) is 5.38. The van der Waals surface area contributed by atoms with Gasteiger partial charge in [0.2, 0.25) is 5.95 Å². The topological polar surface area (TPSA) is 67.1 Å². The summed E-state index contributed by atoms with van der Waals surface area (Å²) in [6.07, 6.45) is 4.29. The van der Waals surface area contributed by atoms with E-state index in [1.165, 1.54) is 18.9 Å². The molecule has 1 aliphatic rings. The number of aryl methyl sites for hydroxylation is 1. The van der Waals surface area contributed by atoms with Crippen LogP contribution < -0.4 is 16.0 Å². The molecule has 0 saturated carbocycles. The van der Waals surface area contributed by atoms with Crippen molar-refractivity contribution in [3.05, 3.63) is 35.8 Å². The summed E-state index contributed by atoms with van der Waals surface area (Å²) in [5, 5.41) is 3.15. The van der Waals surface area contributed by atoms with Crippen LogP contribution in [0.5, 0.6) is 0 Å². The third-order valence-corrected chi connectivity index (χ3v) is 4.37. The lowest BCUT2D eigenvalue weighted by atomic mass is 10.2. The zero-order valence-electron chi connectivity index (χ0n) is 14.2. The number of nitrogens with zero attached hydrogens (tertiary/aromatic N) is 3. The van der Waals surface area contributed by atoms with Crippen LogP contribution in [0, 0.1) is 5.82 Å². The van der Waals surface area contributed by atoms with Crippen molar-refractivity contribution >= 4 is 23.1 Å². The Balaban J connectivity index is 1.90. The van der Waals surface area contributed by atoms with E-state index >= 15 is 0 Å². The van der Waals surface area contributed by atoms with Gasteiger partial charge in [0.15, 0.2) is 0 Å². The van der Waals surface area contributed by atoms with Crippen LogP contribution >= 0.6 is 0 Å².